The van der Waals surface area contributed by atoms with Crippen molar-refractivity contribution in [2.45, 2.75) is 6.18 Å². The molecule has 0 aliphatic heterocycles. The van der Waals surface area contributed by atoms with Crippen LogP contribution >= 0.6 is 0 Å². The zero-order valence-corrected chi connectivity index (χ0v) is 10.0. The van der Waals surface area contributed by atoms with Crippen molar-refractivity contribution < 1.29 is 27.9 Å². The van der Waals surface area contributed by atoms with Crippen LogP contribution in [0.2, 0.25) is 0 Å². The van der Waals surface area contributed by atoms with Crippen LogP contribution in [0.25, 0.3) is 10.8 Å². The largest absolute Gasteiger partial charge is 0.490 e. The SMILES string of the molecule is O=C(O)C(F)(F)F.O=CNc1ccc2ccccc2c1. The van der Waals surface area contributed by atoms with E-state index in [1.807, 2.05) is 42.5 Å². The number of nitrogens with one attached hydrogen (secondary N) is 1. The summed E-state index contributed by atoms with van der Waals surface area (Å²) in [6.45, 7) is 0. The number of carboxylic acids is 1. The molecule has 0 aliphatic carbocycles. The second kappa shape index (κ2) is 6.55. The summed E-state index contributed by atoms with van der Waals surface area (Å²) in [5.41, 5.74) is 0.828. The molecule has 2 rings (SSSR count). The van der Waals surface area contributed by atoms with E-state index >= 15 is 0 Å². The molecule has 0 aliphatic rings. The lowest BCUT2D eigenvalue weighted by Gasteiger charge is -2.00. The lowest BCUT2D eigenvalue weighted by atomic mass is 10.1. The summed E-state index contributed by atoms with van der Waals surface area (Å²) >= 11 is 0. The first-order chi connectivity index (χ1) is 9.34. The standard InChI is InChI=1S/C11H9NO.C2HF3O2/c13-8-12-11-6-5-9-3-1-2-4-10(9)7-11;3-2(4,5)1(6)7/h1-8H,(H,12,13);(H,6,7). The van der Waals surface area contributed by atoms with E-state index in [1.54, 1.807) is 0 Å². The zero-order valence-electron chi connectivity index (χ0n) is 10.0. The smallest absolute Gasteiger partial charge is 0.475 e. The van der Waals surface area contributed by atoms with Gasteiger partial charge in [-0.1, -0.05) is 30.3 Å². The van der Waals surface area contributed by atoms with E-state index in [0.717, 1.165) is 11.1 Å². The second-order valence-corrected chi connectivity index (χ2v) is 3.63. The first-order valence-corrected chi connectivity index (χ1v) is 5.33. The van der Waals surface area contributed by atoms with E-state index in [0.29, 0.717) is 6.41 Å². The third-order valence-electron chi connectivity index (χ3n) is 2.22. The molecule has 0 fully saturated rings. The minimum Gasteiger partial charge on any atom is -0.475 e. The van der Waals surface area contributed by atoms with E-state index < -0.39 is 12.1 Å². The van der Waals surface area contributed by atoms with Gasteiger partial charge in [-0.15, -0.1) is 0 Å². The van der Waals surface area contributed by atoms with Crippen molar-refractivity contribution in [1.29, 1.82) is 0 Å². The van der Waals surface area contributed by atoms with Gasteiger partial charge in [-0.2, -0.15) is 13.2 Å². The maximum atomic E-state index is 10.6. The Morgan fingerprint density at radius 1 is 1.10 bits per heavy atom. The van der Waals surface area contributed by atoms with Crippen molar-refractivity contribution in [2.24, 2.45) is 0 Å². The summed E-state index contributed by atoms with van der Waals surface area (Å²) in [6.07, 6.45) is -4.40. The quantitative estimate of drug-likeness (QED) is 0.833. The van der Waals surface area contributed by atoms with Gasteiger partial charge in [-0.25, -0.2) is 4.79 Å². The Labute approximate surface area is 111 Å². The number of carbonyl (C=O) groups excluding carboxylic acids is 1. The van der Waals surface area contributed by atoms with Gasteiger partial charge >= 0.3 is 12.1 Å². The zero-order chi connectivity index (χ0) is 15.2. The Bertz CT molecular complexity index is 611. The lowest BCUT2D eigenvalue weighted by Crippen LogP contribution is -2.21. The topological polar surface area (TPSA) is 66.4 Å². The minimum atomic E-state index is -5.08. The molecular weight excluding hydrogens is 275 g/mol. The molecule has 0 heterocycles. The van der Waals surface area contributed by atoms with Crippen LogP contribution in [0.4, 0.5) is 18.9 Å². The normalized spacial score (nSPS) is 10.3. The lowest BCUT2D eigenvalue weighted by molar-refractivity contribution is -0.192. The molecule has 2 aromatic carbocycles. The maximum absolute atomic E-state index is 10.6. The molecule has 0 bridgehead atoms. The van der Waals surface area contributed by atoms with Gasteiger partial charge in [0.15, 0.2) is 0 Å². The van der Waals surface area contributed by atoms with Gasteiger partial charge in [0.1, 0.15) is 0 Å². The monoisotopic (exact) mass is 285 g/mol. The van der Waals surface area contributed by atoms with E-state index in [4.69, 9.17) is 9.90 Å². The van der Waals surface area contributed by atoms with Gasteiger partial charge in [0.2, 0.25) is 6.41 Å². The predicted octanol–water partition coefficient (Wildman–Crippen LogP) is 3.04. The number of hydrogen-bond acceptors (Lipinski definition) is 2. The van der Waals surface area contributed by atoms with E-state index in [1.165, 1.54) is 5.39 Å². The van der Waals surface area contributed by atoms with Gasteiger partial charge in [-0.05, 0) is 22.9 Å². The molecule has 0 atom stereocenters. The molecular formula is C13H10F3NO3. The molecule has 7 heteroatoms. The average molecular weight is 285 g/mol. The number of anilines is 1. The number of carbonyl (C=O) groups is 2. The summed E-state index contributed by atoms with van der Waals surface area (Å²) in [5, 5.41) is 12.1. The Hall–Kier alpha value is -2.57. The number of benzene rings is 2. The van der Waals surface area contributed by atoms with Crippen molar-refractivity contribution in [2.75, 3.05) is 5.32 Å². The molecule has 2 N–H and O–H groups in total. The number of carboxylic acid groups (broad SMARTS) is 1. The molecule has 0 saturated carbocycles. The number of aliphatic carboxylic acids is 1. The van der Waals surface area contributed by atoms with Crippen molar-refractivity contribution in [1.82, 2.24) is 0 Å². The number of fused-ring (bicyclic) bond motifs is 1. The van der Waals surface area contributed by atoms with Crippen molar-refractivity contribution in [3.05, 3.63) is 42.5 Å². The molecule has 20 heavy (non-hydrogen) atoms. The Kier molecular flexibility index (Phi) is 5.08. The number of hydrogen-bond donors (Lipinski definition) is 2. The summed E-state index contributed by atoms with van der Waals surface area (Å²) < 4.78 is 31.7. The second-order valence-electron chi connectivity index (χ2n) is 3.63. The highest BCUT2D eigenvalue weighted by Crippen LogP contribution is 2.18. The van der Waals surface area contributed by atoms with Crippen LogP contribution < -0.4 is 5.32 Å². The third kappa shape index (κ3) is 4.60. The van der Waals surface area contributed by atoms with Crippen LogP contribution in [0.15, 0.2) is 42.5 Å². The predicted molar refractivity (Wildman–Crippen MR) is 67.3 cm³/mol. The van der Waals surface area contributed by atoms with Crippen LogP contribution in [0.5, 0.6) is 0 Å². The summed E-state index contributed by atoms with van der Waals surface area (Å²) in [6, 6.07) is 13.9. The van der Waals surface area contributed by atoms with Crippen LogP contribution in [-0.2, 0) is 9.59 Å². The first-order valence-electron chi connectivity index (χ1n) is 5.33. The fourth-order valence-corrected chi connectivity index (χ4v) is 1.35. The van der Waals surface area contributed by atoms with Crippen molar-refractivity contribution in [3.8, 4) is 0 Å². The molecule has 0 spiro atoms. The Morgan fingerprint density at radius 2 is 1.65 bits per heavy atom. The molecule has 0 aromatic heterocycles. The molecule has 4 nitrogen and oxygen atoms in total. The van der Waals surface area contributed by atoms with E-state index in [2.05, 4.69) is 5.32 Å². The third-order valence-corrected chi connectivity index (χ3v) is 2.22. The van der Waals surface area contributed by atoms with Crippen LogP contribution in [0.3, 0.4) is 0 Å². The maximum Gasteiger partial charge on any atom is 0.490 e. The molecule has 106 valence electrons. The fraction of sp³-hybridized carbons (Fsp3) is 0.0769. The van der Waals surface area contributed by atoms with Gasteiger partial charge in [0.25, 0.3) is 0 Å². The minimum absolute atomic E-state index is 0.685. The van der Waals surface area contributed by atoms with Gasteiger partial charge in [-0.3, -0.25) is 4.79 Å². The van der Waals surface area contributed by atoms with Crippen LogP contribution in [0, 0.1) is 0 Å². The van der Waals surface area contributed by atoms with Gasteiger partial charge in [0, 0.05) is 5.69 Å². The highest BCUT2D eigenvalue weighted by atomic mass is 19.4. The molecule has 0 radical (unpaired) electrons. The van der Waals surface area contributed by atoms with Gasteiger partial charge in [0.05, 0.1) is 0 Å². The number of halogens is 3. The highest BCUT2D eigenvalue weighted by Gasteiger charge is 2.38. The molecule has 2 aromatic rings. The summed E-state index contributed by atoms with van der Waals surface area (Å²) in [7, 11) is 0. The molecule has 0 unspecified atom stereocenters. The van der Waals surface area contributed by atoms with Crippen LogP contribution in [0.1, 0.15) is 0 Å². The summed E-state index contributed by atoms with van der Waals surface area (Å²) in [5.74, 6) is -2.76. The van der Waals surface area contributed by atoms with Gasteiger partial charge < -0.3 is 10.4 Å². The van der Waals surface area contributed by atoms with E-state index in [9.17, 15) is 18.0 Å². The average Bonchev–Trinajstić information content (AvgIpc) is 2.38. The number of amides is 1. The molecule has 1 amide bonds. The Morgan fingerprint density at radius 3 is 2.15 bits per heavy atom. The first kappa shape index (κ1) is 15.5. The number of alkyl halides is 3. The Balaban J connectivity index is 0.000000246. The van der Waals surface area contributed by atoms with Crippen molar-refractivity contribution >= 4 is 28.8 Å². The van der Waals surface area contributed by atoms with Crippen LogP contribution in [-0.4, -0.2) is 23.7 Å². The number of rotatable bonds is 2. The molecule has 0 saturated heterocycles. The van der Waals surface area contributed by atoms with Crippen molar-refractivity contribution in [3.63, 3.8) is 0 Å². The fourth-order valence-electron chi connectivity index (χ4n) is 1.35. The highest BCUT2D eigenvalue weighted by molar-refractivity contribution is 5.87. The van der Waals surface area contributed by atoms with E-state index in [-0.39, 0.29) is 0 Å². The summed E-state index contributed by atoms with van der Waals surface area (Å²) in [4.78, 5) is 19.1.